The molecule has 0 radical (unpaired) electrons. The van der Waals surface area contributed by atoms with E-state index < -0.39 is 0 Å². The van der Waals surface area contributed by atoms with Gasteiger partial charge in [0.05, 0.1) is 5.56 Å². The minimum atomic E-state index is 0.0158. The Morgan fingerprint density at radius 1 is 1.07 bits per heavy atom. The summed E-state index contributed by atoms with van der Waals surface area (Å²) in [4.78, 5) is 25.5. The predicted molar refractivity (Wildman–Crippen MR) is 118 cm³/mol. The lowest BCUT2D eigenvalue weighted by molar-refractivity contribution is 0.0649. The van der Waals surface area contributed by atoms with E-state index in [2.05, 4.69) is 51.4 Å². The number of nitrogens with one attached hydrogen (secondary N) is 1. The average molecular weight is 394 g/mol. The molecule has 1 amide bonds. The Morgan fingerprint density at radius 2 is 1.79 bits per heavy atom. The summed E-state index contributed by atoms with van der Waals surface area (Å²) in [5.41, 5.74) is 1.77. The average Bonchev–Trinajstić information content (AvgIpc) is 2.78. The SMILES string of the molecule is CCCCCNc1ncc(C(=O)N2CCN(C/C=C/c3ccccc3)CC2)cn1. The van der Waals surface area contributed by atoms with Crippen molar-refractivity contribution in [2.45, 2.75) is 26.2 Å². The van der Waals surface area contributed by atoms with Crippen molar-refractivity contribution < 1.29 is 4.79 Å². The molecule has 0 saturated carbocycles. The second-order valence-corrected chi connectivity index (χ2v) is 7.34. The fraction of sp³-hybridized carbons (Fsp3) is 0.435. The van der Waals surface area contributed by atoms with E-state index in [9.17, 15) is 4.79 Å². The number of unbranched alkanes of at least 4 members (excludes halogenated alkanes) is 2. The Labute approximate surface area is 173 Å². The number of aromatic nitrogens is 2. The molecule has 3 rings (SSSR count). The topological polar surface area (TPSA) is 61.4 Å². The van der Waals surface area contributed by atoms with Gasteiger partial charge in [0.2, 0.25) is 5.95 Å². The summed E-state index contributed by atoms with van der Waals surface area (Å²) in [7, 11) is 0. The number of piperazine rings is 1. The number of benzene rings is 1. The van der Waals surface area contributed by atoms with Crippen LogP contribution in [0.25, 0.3) is 6.08 Å². The second kappa shape index (κ2) is 11.3. The molecule has 29 heavy (non-hydrogen) atoms. The lowest BCUT2D eigenvalue weighted by atomic mass is 10.2. The highest BCUT2D eigenvalue weighted by Gasteiger charge is 2.22. The van der Waals surface area contributed by atoms with Gasteiger partial charge in [-0.2, -0.15) is 0 Å². The van der Waals surface area contributed by atoms with E-state index in [4.69, 9.17) is 0 Å². The summed E-state index contributed by atoms with van der Waals surface area (Å²) >= 11 is 0. The fourth-order valence-electron chi connectivity index (χ4n) is 3.32. The summed E-state index contributed by atoms with van der Waals surface area (Å²) in [5, 5.41) is 3.20. The molecule has 1 aliphatic heterocycles. The van der Waals surface area contributed by atoms with Gasteiger partial charge in [-0.1, -0.05) is 62.2 Å². The van der Waals surface area contributed by atoms with Crippen LogP contribution in [0, 0.1) is 0 Å². The van der Waals surface area contributed by atoms with E-state index in [0.717, 1.165) is 45.7 Å². The highest BCUT2D eigenvalue weighted by atomic mass is 16.2. The summed E-state index contributed by atoms with van der Waals surface area (Å²) in [6, 6.07) is 10.3. The Hall–Kier alpha value is -2.73. The molecule has 154 valence electrons. The van der Waals surface area contributed by atoms with E-state index in [-0.39, 0.29) is 5.91 Å². The summed E-state index contributed by atoms with van der Waals surface area (Å²) in [6.45, 7) is 7.16. The maximum atomic E-state index is 12.7. The highest BCUT2D eigenvalue weighted by Crippen LogP contribution is 2.10. The first-order valence-electron chi connectivity index (χ1n) is 10.6. The number of hydrogen-bond acceptors (Lipinski definition) is 5. The summed E-state index contributed by atoms with van der Waals surface area (Å²) < 4.78 is 0. The molecule has 0 bridgehead atoms. The van der Waals surface area contributed by atoms with Gasteiger partial charge in [-0.15, -0.1) is 0 Å². The molecular formula is C23H31N5O. The van der Waals surface area contributed by atoms with Gasteiger partial charge >= 0.3 is 0 Å². The van der Waals surface area contributed by atoms with Gasteiger partial charge < -0.3 is 10.2 Å². The molecule has 0 atom stereocenters. The molecule has 1 aromatic carbocycles. The van der Waals surface area contributed by atoms with Gasteiger partial charge in [0, 0.05) is 51.7 Å². The number of anilines is 1. The fourth-order valence-corrected chi connectivity index (χ4v) is 3.32. The van der Waals surface area contributed by atoms with Crippen molar-refractivity contribution in [1.29, 1.82) is 0 Å². The first-order valence-corrected chi connectivity index (χ1v) is 10.6. The number of carbonyl (C=O) groups excluding carboxylic acids is 1. The van der Waals surface area contributed by atoms with Crippen LogP contribution < -0.4 is 5.32 Å². The molecule has 1 fully saturated rings. The van der Waals surface area contributed by atoms with E-state index in [1.165, 1.54) is 18.4 Å². The number of amides is 1. The van der Waals surface area contributed by atoms with Crippen LogP contribution in [0.1, 0.15) is 42.1 Å². The molecule has 0 unspecified atom stereocenters. The van der Waals surface area contributed by atoms with Gasteiger partial charge in [0.1, 0.15) is 0 Å². The summed E-state index contributed by atoms with van der Waals surface area (Å²) in [6.07, 6.45) is 11.1. The van der Waals surface area contributed by atoms with Crippen LogP contribution in [0.4, 0.5) is 5.95 Å². The third-order valence-corrected chi connectivity index (χ3v) is 5.10. The smallest absolute Gasteiger partial charge is 0.257 e. The Balaban J connectivity index is 1.42. The zero-order valence-electron chi connectivity index (χ0n) is 17.3. The molecule has 1 aliphatic rings. The van der Waals surface area contributed by atoms with Crippen LogP contribution in [0.2, 0.25) is 0 Å². The lowest BCUT2D eigenvalue weighted by Gasteiger charge is -2.34. The van der Waals surface area contributed by atoms with Gasteiger partial charge in [0.15, 0.2) is 0 Å². The van der Waals surface area contributed by atoms with Gasteiger partial charge in [-0.05, 0) is 12.0 Å². The zero-order chi connectivity index (χ0) is 20.3. The highest BCUT2D eigenvalue weighted by molar-refractivity contribution is 5.93. The van der Waals surface area contributed by atoms with Gasteiger partial charge in [-0.3, -0.25) is 9.69 Å². The minimum absolute atomic E-state index is 0.0158. The molecule has 6 heteroatoms. The van der Waals surface area contributed by atoms with Crippen molar-refractivity contribution in [3.63, 3.8) is 0 Å². The van der Waals surface area contributed by atoms with Crippen LogP contribution in [-0.4, -0.2) is 64.9 Å². The van der Waals surface area contributed by atoms with Gasteiger partial charge in [0.25, 0.3) is 5.91 Å². The maximum absolute atomic E-state index is 12.7. The molecule has 0 aliphatic carbocycles. The van der Waals surface area contributed by atoms with Gasteiger partial charge in [-0.25, -0.2) is 9.97 Å². The Morgan fingerprint density at radius 3 is 2.48 bits per heavy atom. The third kappa shape index (κ3) is 6.68. The molecule has 0 spiro atoms. The van der Waals surface area contributed by atoms with Crippen LogP contribution in [0.15, 0.2) is 48.8 Å². The standard InChI is InChI=1S/C23H31N5O/c1-2-3-7-12-24-23-25-18-21(19-26-23)22(29)28-16-14-27(15-17-28)13-8-11-20-9-5-4-6-10-20/h4-6,8-11,18-19H,2-3,7,12-17H2,1H3,(H,24,25,26)/b11-8+. The van der Waals surface area contributed by atoms with Crippen LogP contribution in [0.3, 0.4) is 0 Å². The Kier molecular flexibility index (Phi) is 8.19. The Bertz CT molecular complexity index is 768. The van der Waals surface area contributed by atoms with Crippen molar-refractivity contribution in [2.24, 2.45) is 0 Å². The number of rotatable bonds is 9. The van der Waals surface area contributed by atoms with E-state index in [1.807, 2.05) is 23.1 Å². The monoisotopic (exact) mass is 393 g/mol. The molecular weight excluding hydrogens is 362 g/mol. The molecule has 2 heterocycles. The number of hydrogen-bond donors (Lipinski definition) is 1. The molecule has 1 aromatic heterocycles. The molecule has 1 saturated heterocycles. The maximum Gasteiger partial charge on any atom is 0.257 e. The lowest BCUT2D eigenvalue weighted by Crippen LogP contribution is -2.48. The molecule has 1 N–H and O–H groups in total. The van der Waals surface area contributed by atoms with Crippen molar-refractivity contribution in [1.82, 2.24) is 19.8 Å². The predicted octanol–water partition coefficient (Wildman–Crippen LogP) is 3.55. The first-order chi connectivity index (χ1) is 14.3. The van der Waals surface area contributed by atoms with Crippen molar-refractivity contribution in [2.75, 3.05) is 44.6 Å². The van der Waals surface area contributed by atoms with Crippen molar-refractivity contribution >= 4 is 17.9 Å². The first kappa shape index (κ1) is 21.0. The normalized spacial score (nSPS) is 15.0. The second-order valence-electron chi connectivity index (χ2n) is 7.34. The van der Waals surface area contributed by atoms with Crippen molar-refractivity contribution in [3.05, 3.63) is 59.9 Å². The van der Waals surface area contributed by atoms with Crippen LogP contribution in [0.5, 0.6) is 0 Å². The summed E-state index contributed by atoms with van der Waals surface area (Å²) in [5.74, 6) is 0.606. The van der Waals surface area contributed by atoms with Crippen LogP contribution in [-0.2, 0) is 0 Å². The largest absolute Gasteiger partial charge is 0.354 e. The number of carbonyl (C=O) groups is 1. The third-order valence-electron chi connectivity index (χ3n) is 5.10. The minimum Gasteiger partial charge on any atom is -0.354 e. The van der Waals surface area contributed by atoms with E-state index >= 15 is 0 Å². The molecule has 6 nitrogen and oxygen atoms in total. The van der Waals surface area contributed by atoms with Crippen molar-refractivity contribution in [3.8, 4) is 0 Å². The van der Waals surface area contributed by atoms with Crippen LogP contribution >= 0.6 is 0 Å². The van der Waals surface area contributed by atoms with E-state index in [1.54, 1.807) is 12.4 Å². The van der Waals surface area contributed by atoms with E-state index in [0.29, 0.717) is 11.5 Å². The zero-order valence-corrected chi connectivity index (χ0v) is 17.3. The molecule has 2 aromatic rings. The quantitative estimate of drug-likeness (QED) is 0.660. The number of nitrogens with zero attached hydrogens (tertiary/aromatic N) is 4.